The molecule has 3 heteroatoms. The van der Waals surface area contributed by atoms with Gasteiger partial charge in [0, 0.05) is 5.39 Å². The zero-order valence-electron chi connectivity index (χ0n) is 7.31. The van der Waals surface area contributed by atoms with Crippen molar-refractivity contribution in [2.24, 2.45) is 0 Å². The molecule has 0 unspecified atom stereocenters. The van der Waals surface area contributed by atoms with Gasteiger partial charge >= 0.3 is 0 Å². The van der Waals surface area contributed by atoms with Crippen LogP contribution in [-0.4, -0.2) is 9.61 Å². The van der Waals surface area contributed by atoms with Crippen LogP contribution < -0.4 is 0 Å². The van der Waals surface area contributed by atoms with Gasteiger partial charge in [-0.2, -0.15) is 5.10 Å². The monoisotopic (exact) mass is 186 g/mol. The van der Waals surface area contributed by atoms with Crippen molar-refractivity contribution in [3.8, 4) is 0 Å². The van der Waals surface area contributed by atoms with Crippen LogP contribution in [0.2, 0.25) is 0 Å². The largest absolute Gasteiger partial charge is 0.237 e. The maximum Gasteiger partial charge on any atom is 0.141 e. The number of rotatable bonds is 0. The lowest BCUT2D eigenvalue weighted by Crippen LogP contribution is -1.86. The molecule has 0 saturated carbocycles. The molecular formula is C11H7FN2. The van der Waals surface area contributed by atoms with E-state index in [0.29, 0.717) is 0 Å². The van der Waals surface area contributed by atoms with Crippen molar-refractivity contribution in [1.29, 1.82) is 0 Å². The van der Waals surface area contributed by atoms with Gasteiger partial charge in [-0.1, -0.05) is 18.2 Å². The van der Waals surface area contributed by atoms with Gasteiger partial charge in [-0.05, 0) is 18.2 Å². The van der Waals surface area contributed by atoms with E-state index < -0.39 is 0 Å². The third kappa shape index (κ3) is 0.923. The van der Waals surface area contributed by atoms with Crippen molar-refractivity contribution in [1.82, 2.24) is 9.61 Å². The zero-order chi connectivity index (χ0) is 9.54. The van der Waals surface area contributed by atoms with Crippen LogP contribution in [0, 0.1) is 5.82 Å². The Morgan fingerprint density at radius 2 is 1.93 bits per heavy atom. The fourth-order valence-corrected chi connectivity index (χ4v) is 1.65. The van der Waals surface area contributed by atoms with Gasteiger partial charge in [-0.3, -0.25) is 0 Å². The number of hydrogen-bond acceptors (Lipinski definition) is 1. The van der Waals surface area contributed by atoms with Crippen LogP contribution in [0.5, 0.6) is 0 Å². The van der Waals surface area contributed by atoms with E-state index in [4.69, 9.17) is 0 Å². The molecule has 2 aromatic heterocycles. The minimum atomic E-state index is -0.273. The number of pyridine rings is 1. The van der Waals surface area contributed by atoms with E-state index >= 15 is 0 Å². The first-order valence-corrected chi connectivity index (χ1v) is 4.37. The van der Waals surface area contributed by atoms with Crippen LogP contribution in [0.15, 0.2) is 42.6 Å². The normalized spacial score (nSPS) is 11.2. The predicted molar refractivity (Wildman–Crippen MR) is 52.7 cm³/mol. The third-order valence-electron chi connectivity index (χ3n) is 2.29. The summed E-state index contributed by atoms with van der Waals surface area (Å²) >= 11 is 0. The smallest absolute Gasteiger partial charge is 0.141 e. The lowest BCUT2D eigenvalue weighted by molar-refractivity contribution is 0.615. The Labute approximate surface area is 79.6 Å². The molecule has 0 amide bonds. The average molecular weight is 186 g/mol. The van der Waals surface area contributed by atoms with Crippen molar-refractivity contribution < 1.29 is 4.39 Å². The fraction of sp³-hybridized carbons (Fsp3) is 0. The summed E-state index contributed by atoms with van der Waals surface area (Å²) in [5, 5.41) is 5.30. The topological polar surface area (TPSA) is 17.3 Å². The second-order valence-corrected chi connectivity index (χ2v) is 3.19. The SMILES string of the molecule is Fc1ccc2c3ccccc3nn2c1. The van der Waals surface area contributed by atoms with Gasteiger partial charge in [0.25, 0.3) is 0 Å². The van der Waals surface area contributed by atoms with E-state index in [1.807, 2.05) is 24.3 Å². The minimum absolute atomic E-state index is 0.273. The van der Waals surface area contributed by atoms with Crippen molar-refractivity contribution in [3.63, 3.8) is 0 Å². The number of halogens is 1. The Balaban J connectivity index is 2.57. The van der Waals surface area contributed by atoms with Gasteiger partial charge in [0.05, 0.1) is 17.2 Å². The first kappa shape index (κ1) is 7.50. The quantitative estimate of drug-likeness (QED) is 0.527. The van der Waals surface area contributed by atoms with E-state index in [-0.39, 0.29) is 5.82 Å². The number of hydrogen-bond donors (Lipinski definition) is 0. The van der Waals surface area contributed by atoms with Crippen molar-refractivity contribution >= 4 is 16.4 Å². The lowest BCUT2D eigenvalue weighted by Gasteiger charge is -1.91. The molecule has 0 fully saturated rings. The summed E-state index contributed by atoms with van der Waals surface area (Å²) in [6.07, 6.45) is 1.38. The number of nitrogens with zero attached hydrogens (tertiary/aromatic N) is 2. The summed E-state index contributed by atoms with van der Waals surface area (Å²) in [6.45, 7) is 0. The number of aromatic nitrogens is 2. The fourth-order valence-electron chi connectivity index (χ4n) is 1.65. The Bertz CT molecular complexity index is 613. The molecule has 3 aromatic rings. The lowest BCUT2D eigenvalue weighted by atomic mass is 10.2. The molecule has 0 spiro atoms. The third-order valence-corrected chi connectivity index (χ3v) is 2.29. The molecule has 0 aliphatic heterocycles. The van der Waals surface area contributed by atoms with E-state index in [1.54, 1.807) is 10.6 Å². The van der Waals surface area contributed by atoms with Crippen LogP contribution in [0.25, 0.3) is 16.4 Å². The number of benzene rings is 1. The molecule has 0 radical (unpaired) electrons. The highest BCUT2D eigenvalue weighted by Crippen LogP contribution is 2.18. The maximum atomic E-state index is 12.9. The summed E-state index contributed by atoms with van der Waals surface area (Å²) < 4.78 is 14.5. The zero-order valence-corrected chi connectivity index (χ0v) is 7.31. The summed E-state index contributed by atoms with van der Waals surface area (Å²) in [7, 11) is 0. The van der Waals surface area contributed by atoms with Crippen LogP contribution in [0.3, 0.4) is 0 Å². The average Bonchev–Trinajstić information content (AvgIpc) is 2.54. The van der Waals surface area contributed by atoms with Crippen LogP contribution in [0.1, 0.15) is 0 Å². The molecule has 0 saturated heterocycles. The van der Waals surface area contributed by atoms with E-state index in [1.165, 1.54) is 12.3 Å². The maximum absolute atomic E-state index is 12.9. The second-order valence-electron chi connectivity index (χ2n) is 3.19. The molecule has 2 nitrogen and oxygen atoms in total. The first-order chi connectivity index (χ1) is 6.84. The minimum Gasteiger partial charge on any atom is -0.237 e. The molecule has 68 valence electrons. The first-order valence-electron chi connectivity index (χ1n) is 4.37. The number of fused-ring (bicyclic) bond motifs is 3. The molecule has 0 aliphatic carbocycles. The Morgan fingerprint density at radius 1 is 1.07 bits per heavy atom. The van der Waals surface area contributed by atoms with Crippen molar-refractivity contribution in [2.75, 3.05) is 0 Å². The van der Waals surface area contributed by atoms with Crippen molar-refractivity contribution in [2.45, 2.75) is 0 Å². The van der Waals surface area contributed by atoms with Crippen LogP contribution in [0.4, 0.5) is 4.39 Å². The Morgan fingerprint density at radius 3 is 2.86 bits per heavy atom. The van der Waals surface area contributed by atoms with Gasteiger partial charge in [0.2, 0.25) is 0 Å². The van der Waals surface area contributed by atoms with Gasteiger partial charge in [0.1, 0.15) is 5.82 Å². The molecule has 3 rings (SSSR count). The van der Waals surface area contributed by atoms with Gasteiger partial charge in [0.15, 0.2) is 0 Å². The van der Waals surface area contributed by atoms with E-state index in [2.05, 4.69) is 5.10 Å². The highest BCUT2D eigenvalue weighted by Gasteiger charge is 2.03. The second kappa shape index (κ2) is 2.54. The summed E-state index contributed by atoms with van der Waals surface area (Å²) in [5.41, 5.74) is 1.82. The Kier molecular flexibility index (Phi) is 1.36. The van der Waals surface area contributed by atoms with E-state index in [0.717, 1.165) is 16.4 Å². The Hall–Kier alpha value is -1.90. The molecule has 2 heterocycles. The van der Waals surface area contributed by atoms with Gasteiger partial charge in [-0.15, -0.1) is 0 Å². The summed E-state index contributed by atoms with van der Waals surface area (Å²) in [5.74, 6) is -0.273. The standard InChI is InChI=1S/C11H7FN2/c12-8-5-6-11-9-3-1-2-4-10(9)13-14(11)7-8/h1-7H. The summed E-state index contributed by atoms with van der Waals surface area (Å²) in [4.78, 5) is 0. The molecule has 0 bridgehead atoms. The predicted octanol–water partition coefficient (Wildman–Crippen LogP) is 2.63. The van der Waals surface area contributed by atoms with Gasteiger partial charge in [-0.25, -0.2) is 8.91 Å². The van der Waals surface area contributed by atoms with Gasteiger partial charge < -0.3 is 0 Å². The highest BCUT2D eigenvalue weighted by molar-refractivity contribution is 5.93. The molecule has 0 N–H and O–H groups in total. The molecule has 0 atom stereocenters. The molecule has 14 heavy (non-hydrogen) atoms. The summed E-state index contributed by atoms with van der Waals surface area (Å²) in [6, 6.07) is 11.0. The highest BCUT2D eigenvalue weighted by atomic mass is 19.1. The van der Waals surface area contributed by atoms with Crippen LogP contribution >= 0.6 is 0 Å². The van der Waals surface area contributed by atoms with E-state index in [9.17, 15) is 4.39 Å². The van der Waals surface area contributed by atoms with Crippen molar-refractivity contribution in [3.05, 3.63) is 48.4 Å². The van der Waals surface area contributed by atoms with Crippen LogP contribution in [-0.2, 0) is 0 Å². The molecular weight excluding hydrogens is 179 g/mol. The molecule has 1 aromatic carbocycles. The molecule has 0 aliphatic rings.